The minimum absolute atomic E-state index is 0.0970. The third-order valence-corrected chi connectivity index (χ3v) is 7.00. The summed E-state index contributed by atoms with van der Waals surface area (Å²) in [5.41, 5.74) is 7.94. The molecule has 1 aliphatic carbocycles. The maximum Gasteiger partial charge on any atom is 0.359 e. The second-order valence-corrected chi connectivity index (χ2v) is 9.32. The molecule has 0 radical (unpaired) electrons. The number of cyclic esters (lactones) is 1. The number of carbonyl (C=O) groups excluding carboxylic acids is 1. The van der Waals surface area contributed by atoms with Crippen molar-refractivity contribution in [3.8, 4) is 5.75 Å². The van der Waals surface area contributed by atoms with E-state index in [-0.39, 0.29) is 23.1 Å². The molecular weight excluding hydrogens is 416 g/mol. The number of rotatable bonds is 8. The van der Waals surface area contributed by atoms with Crippen molar-refractivity contribution in [3.63, 3.8) is 0 Å². The summed E-state index contributed by atoms with van der Waals surface area (Å²) in [7, 11) is 0. The summed E-state index contributed by atoms with van der Waals surface area (Å²) in [6.07, 6.45) is 6.70. The van der Waals surface area contributed by atoms with Gasteiger partial charge < -0.3 is 25.6 Å². The summed E-state index contributed by atoms with van der Waals surface area (Å²) < 4.78 is 6.29. The molecule has 2 aliphatic rings. The molecule has 4 N–H and O–H groups in total. The normalized spacial score (nSPS) is 21.3. The van der Waals surface area contributed by atoms with Crippen LogP contribution in [0.4, 0.5) is 11.4 Å². The number of aromatic hydroxyl groups is 1. The molecule has 0 amide bonds. The highest BCUT2D eigenvalue weighted by molar-refractivity contribution is 5.94. The molecule has 1 saturated carbocycles. The lowest BCUT2D eigenvalue weighted by molar-refractivity contribution is -0.167. The van der Waals surface area contributed by atoms with Gasteiger partial charge in [-0.15, -0.1) is 0 Å². The number of aliphatic hydroxyl groups is 1. The number of hydrogen-bond donors (Lipinski definition) is 3. The van der Waals surface area contributed by atoms with Crippen LogP contribution >= 0.6 is 0 Å². The number of aliphatic hydroxyl groups excluding tert-OH is 1. The van der Waals surface area contributed by atoms with Gasteiger partial charge in [-0.1, -0.05) is 38.0 Å². The number of nitrogens with zero attached hydrogens (tertiary/aromatic N) is 1. The third-order valence-electron chi connectivity index (χ3n) is 7.00. The van der Waals surface area contributed by atoms with Crippen LogP contribution in [0.15, 0.2) is 60.0 Å². The first-order valence-corrected chi connectivity index (χ1v) is 12.0. The Kier molecular flexibility index (Phi) is 6.82. The largest absolute Gasteiger partial charge is 0.510 e. The van der Waals surface area contributed by atoms with Gasteiger partial charge in [0, 0.05) is 24.3 Å². The van der Waals surface area contributed by atoms with Crippen LogP contribution in [0, 0.1) is 5.92 Å². The molecule has 6 nitrogen and oxygen atoms in total. The molecule has 176 valence electrons. The van der Waals surface area contributed by atoms with E-state index in [1.165, 1.54) is 0 Å². The van der Waals surface area contributed by atoms with Crippen molar-refractivity contribution in [2.24, 2.45) is 5.92 Å². The molecule has 1 aliphatic heterocycles. The fraction of sp³-hybridized carbons (Fsp3) is 0.444. The van der Waals surface area contributed by atoms with E-state index >= 15 is 0 Å². The minimum Gasteiger partial charge on any atom is -0.510 e. The number of hydrogen-bond acceptors (Lipinski definition) is 6. The highest BCUT2D eigenvalue weighted by Crippen LogP contribution is 2.46. The molecule has 6 heteroatoms. The molecule has 0 aromatic heterocycles. The van der Waals surface area contributed by atoms with Gasteiger partial charge in [-0.3, -0.25) is 0 Å². The summed E-state index contributed by atoms with van der Waals surface area (Å²) >= 11 is 0. The number of ether oxygens (including phenoxy) is 1. The van der Waals surface area contributed by atoms with E-state index in [4.69, 9.17) is 10.5 Å². The smallest absolute Gasteiger partial charge is 0.359 e. The van der Waals surface area contributed by atoms with Crippen LogP contribution in [0.25, 0.3) is 0 Å². The molecule has 1 unspecified atom stereocenters. The van der Waals surface area contributed by atoms with Gasteiger partial charge >= 0.3 is 5.97 Å². The fourth-order valence-electron chi connectivity index (χ4n) is 5.35. The molecule has 1 atom stereocenters. The number of carbonyl (C=O) groups is 1. The van der Waals surface area contributed by atoms with Crippen molar-refractivity contribution in [1.82, 2.24) is 0 Å². The van der Waals surface area contributed by atoms with Gasteiger partial charge in [0.15, 0.2) is 5.70 Å². The summed E-state index contributed by atoms with van der Waals surface area (Å²) in [5.74, 6) is 0.0948. The second-order valence-electron chi connectivity index (χ2n) is 9.32. The summed E-state index contributed by atoms with van der Waals surface area (Å²) in [5, 5.41) is 20.9. The van der Waals surface area contributed by atoms with Crippen LogP contribution in [0.3, 0.4) is 0 Å². The van der Waals surface area contributed by atoms with Crippen LogP contribution in [0.2, 0.25) is 0 Å². The first kappa shape index (κ1) is 23.0. The zero-order valence-electron chi connectivity index (χ0n) is 19.3. The van der Waals surface area contributed by atoms with Gasteiger partial charge in [-0.05, 0) is 73.9 Å². The Morgan fingerprint density at radius 1 is 1.12 bits per heavy atom. The van der Waals surface area contributed by atoms with E-state index in [0.717, 1.165) is 43.4 Å². The number of esters is 1. The average molecular weight is 451 g/mol. The number of nitrogen functional groups attached to an aromatic ring is 1. The van der Waals surface area contributed by atoms with Crippen LogP contribution in [-0.2, 0) is 16.0 Å². The standard InChI is InChI=1S/C27H34N2O4/c1-2-16-29(22-9-5-8-21(28)17-22)25-24(31)18-27(33-26(25)32,20-6-3-4-7-20)15-14-19-10-12-23(30)13-11-19/h5,8-13,17,20,30-31H,2-4,6-7,14-16,18,28H2,1H3. The monoisotopic (exact) mass is 450 g/mol. The van der Waals surface area contributed by atoms with Gasteiger partial charge in [0.25, 0.3) is 0 Å². The van der Waals surface area contributed by atoms with E-state index in [1.54, 1.807) is 18.2 Å². The SMILES string of the molecule is CCCN(C1=C(O)CC(CCc2ccc(O)cc2)(C2CCCC2)OC1=O)c1cccc(N)c1. The predicted octanol–water partition coefficient (Wildman–Crippen LogP) is 5.47. The third kappa shape index (κ3) is 4.95. The molecule has 0 bridgehead atoms. The highest BCUT2D eigenvalue weighted by Gasteiger charge is 2.49. The number of anilines is 2. The summed E-state index contributed by atoms with van der Waals surface area (Å²) in [6, 6.07) is 14.5. The lowest BCUT2D eigenvalue weighted by Crippen LogP contribution is -2.48. The van der Waals surface area contributed by atoms with E-state index in [1.807, 2.05) is 42.2 Å². The molecule has 1 heterocycles. The van der Waals surface area contributed by atoms with E-state index in [9.17, 15) is 15.0 Å². The number of phenols is 1. The van der Waals surface area contributed by atoms with Crippen LogP contribution in [0.1, 0.15) is 57.4 Å². The Labute approximate surface area is 195 Å². The molecule has 0 saturated heterocycles. The first-order chi connectivity index (χ1) is 15.9. The van der Waals surface area contributed by atoms with E-state index in [2.05, 4.69) is 0 Å². The molecule has 33 heavy (non-hydrogen) atoms. The van der Waals surface area contributed by atoms with Crippen molar-refractivity contribution < 1.29 is 19.7 Å². The predicted molar refractivity (Wildman–Crippen MR) is 130 cm³/mol. The van der Waals surface area contributed by atoms with Crippen molar-refractivity contribution in [3.05, 3.63) is 65.6 Å². The maximum atomic E-state index is 13.5. The Hall–Kier alpha value is -3.15. The zero-order chi connectivity index (χ0) is 23.4. The second kappa shape index (κ2) is 9.77. The number of benzene rings is 2. The highest BCUT2D eigenvalue weighted by atomic mass is 16.6. The van der Waals surface area contributed by atoms with E-state index < -0.39 is 11.6 Å². The van der Waals surface area contributed by atoms with Gasteiger partial charge in [-0.2, -0.15) is 0 Å². The Morgan fingerprint density at radius 3 is 2.48 bits per heavy atom. The number of nitrogens with two attached hydrogens (primary N) is 1. The summed E-state index contributed by atoms with van der Waals surface area (Å²) in [4.78, 5) is 15.3. The van der Waals surface area contributed by atoms with Gasteiger partial charge in [0.2, 0.25) is 0 Å². The summed E-state index contributed by atoms with van der Waals surface area (Å²) in [6.45, 7) is 2.60. The minimum atomic E-state index is -0.716. The topological polar surface area (TPSA) is 96.0 Å². The Bertz CT molecular complexity index is 1010. The van der Waals surface area contributed by atoms with E-state index in [0.29, 0.717) is 31.5 Å². The molecule has 4 rings (SSSR count). The molecule has 2 aromatic rings. The fourth-order valence-corrected chi connectivity index (χ4v) is 5.35. The number of aryl methyl sites for hydroxylation is 1. The van der Waals surface area contributed by atoms with Gasteiger partial charge in [0.1, 0.15) is 17.1 Å². The maximum absolute atomic E-state index is 13.5. The van der Waals surface area contributed by atoms with Crippen molar-refractivity contribution in [2.45, 2.75) is 63.9 Å². The molecule has 0 spiro atoms. The Balaban J connectivity index is 1.65. The average Bonchev–Trinajstić information content (AvgIpc) is 3.33. The molecule has 2 aromatic carbocycles. The van der Waals surface area contributed by atoms with Gasteiger partial charge in [0.05, 0.1) is 0 Å². The zero-order valence-corrected chi connectivity index (χ0v) is 19.3. The van der Waals surface area contributed by atoms with Crippen molar-refractivity contribution >= 4 is 17.3 Å². The lowest BCUT2D eigenvalue weighted by Gasteiger charge is -2.43. The lowest BCUT2D eigenvalue weighted by atomic mass is 9.77. The van der Waals surface area contributed by atoms with Crippen molar-refractivity contribution in [2.75, 3.05) is 17.2 Å². The molecular formula is C27H34N2O4. The van der Waals surface area contributed by atoms with Crippen LogP contribution in [0.5, 0.6) is 5.75 Å². The number of phenolic OH excluding ortho intramolecular Hbond substituents is 1. The first-order valence-electron chi connectivity index (χ1n) is 12.0. The van der Waals surface area contributed by atoms with Crippen LogP contribution < -0.4 is 10.6 Å². The van der Waals surface area contributed by atoms with Gasteiger partial charge in [-0.25, -0.2) is 4.79 Å². The van der Waals surface area contributed by atoms with Crippen LogP contribution in [-0.4, -0.2) is 28.3 Å². The molecule has 1 fully saturated rings. The Morgan fingerprint density at radius 2 is 1.85 bits per heavy atom. The van der Waals surface area contributed by atoms with Crippen molar-refractivity contribution in [1.29, 1.82) is 0 Å². The quantitative estimate of drug-likeness (QED) is 0.365.